The monoisotopic (exact) mass is 428 g/mol. The van der Waals surface area contributed by atoms with Crippen LogP contribution in [0, 0.1) is 0 Å². The van der Waals surface area contributed by atoms with Crippen LogP contribution in [0.4, 0.5) is 24.5 Å². The van der Waals surface area contributed by atoms with Gasteiger partial charge in [-0.3, -0.25) is 4.79 Å². The molecular formula is C20H20ClF3N2O3. The highest BCUT2D eigenvalue weighted by atomic mass is 35.5. The molecule has 0 heterocycles. The summed E-state index contributed by atoms with van der Waals surface area (Å²) in [5.74, 6) is -1.71. The molecule has 0 saturated heterocycles. The number of carbonyl (C=O) groups excluding carboxylic acids is 2. The van der Waals surface area contributed by atoms with Crippen LogP contribution in [0.3, 0.4) is 0 Å². The van der Waals surface area contributed by atoms with Crippen LogP contribution in [0.2, 0.25) is 5.02 Å². The molecule has 0 fully saturated rings. The van der Waals surface area contributed by atoms with Gasteiger partial charge >= 0.3 is 12.1 Å². The number of para-hydroxylation sites is 2. The molecule has 0 bridgehead atoms. The van der Waals surface area contributed by atoms with E-state index in [1.54, 1.807) is 18.2 Å². The summed E-state index contributed by atoms with van der Waals surface area (Å²) >= 11 is 5.79. The van der Waals surface area contributed by atoms with Crippen LogP contribution in [0.1, 0.15) is 35.7 Å². The third-order valence-electron chi connectivity index (χ3n) is 3.91. The maximum Gasteiger partial charge on any atom is 0.418 e. The second-order valence-electron chi connectivity index (χ2n) is 6.11. The van der Waals surface area contributed by atoms with Crippen LogP contribution >= 0.6 is 11.6 Å². The summed E-state index contributed by atoms with van der Waals surface area (Å²) in [7, 11) is 0. The zero-order chi connectivity index (χ0) is 21.4. The molecule has 0 aliphatic carbocycles. The number of amides is 1. The van der Waals surface area contributed by atoms with E-state index >= 15 is 0 Å². The first-order valence-corrected chi connectivity index (χ1v) is 9.27. The van der Waals surface area contributed by atoms with Gasteiger partial charge in [-0.05, 0) is 30.7 Å². The first kappa shape index (κ1) is 22.5. The summed E-state index contributed by atoms with van der Waals surface area (Å²) in [5.41, 5.74) is -0.888. The highest BCUT2D eigenvalue weighted by Gasteiger charge is 2.34. The summed E-state index contributed by atoms with van der Waals surface area (Å²) in [4.78, 5) is 24.3. The number of halogens is 4. The van der Waals surface area contributed by atoms with Gasteiger partial charge < -0.3 is 15.4 Å². The average molecular weight is 429 g/mol. The molecule has 2 rings (SSSR count). The number of anilines is 2. The highest BCUT2D eigenvalue weighted by molar-refractivity contribution is 6.34. The van der Waals surface area contributed by atoms with Crippen LogP contribution in [0.25, 0.3) is 0 Å². The molecular weight excluding hydrogens is 409 g/mol. The molecule has 0 radical (unpaired) electrons. The number of carbonyl (C=O) groups is 2. The third kappa shape index (κ3) is 6.39. The number of esters is 1. The van der Waals surface area contributed by atoms with E-state index in [4.69, 9.17) is 16.3 Å². The summed E-state index contributed by atoms with van der Waals surface area (Å²) in [6.45, 7) is 1.93. The molecule has 156 valence electrons. The van der Waals surface area contributed by atoms with Crippen LogP contribution in [0.5, 0.6) is 0 Å². The summed E-state index contributed by atoms with van der Waals surface area (Å²) < 4.78 is 44.2. The van der Waals surface area contributed by atoms with E-state index in [9.17, 15) is 22.8 Å². The molecule has 1 amide bonds. The first-order chi connectivity index (χ1) is 13.7. The number of alkyl halides is 3. The number of ether oxygens (including phenoxy) is 1. The maximum absolute atomic E-state index is 13.1. The lowest BCUT2D eigenvalue weighted by Gasteiger charge is -2.15. The third-order valence-corrected chi connectivity index (χ3v) is 4.23. The van der Waals surface area contributed by atoms with Crippen LogP contribution in [-0.2, 0) is 15.7 Å². The van der Waals surface area contributed by atoms with Crippen molar-refractivity contribution in [2.45, 2.75) is 25.9 Å². The Morgan fingerprint density at radius 2 is 1.83 bits per heavy atom. The van der Waals surface area contributed by atoms with E-state index in [-0.39, 0.29) is 10.6 Å². The smallest absolute Gasteiger partial charge is 0.418 e. The van der Waals surface area contributed by atoms with Crippen LogP contribution < -0.4 is 10.6 Å². The zero-order valence-electron chi connectivity index (χ0n) is 15.6. The quantitative estimate of drug-likeness (QED) is 0.438. The van der Waals surface area contributed by atoms with Crippen LogP contribution in [-0.4, -0.2) is 25.0 Å². The second-order valence-corrected chi connectivity index (χ2v) is 6.52. The predicted octanol–water partition coefficient (Wildman–Crippen LogP) is 5.37. The van der Waals surface area contributed by atoms with Crippen molar-refractivity contribution in [3.8, 4) is 0 Å². The number of rotatable bonds is 8. The summed E-state index contributed by atoms with van der Waals surface area (Å²) in [5, 5.41) is 4.90. The lowest BCUT2D eigenvalue weighted by molar-refractivity contribution is -0.137. The molecule has 5 nitrogen and oxygen atoms in total. The van der Waals surface area contributed by atoms with Crippen molar-refractivity contribution in [2.75, 3.05) is 23.8 Å². The Balaban J connectivity index is 2.03. The lowest BCUT2D eigenvalue weighted by atomic mass is 10.1. The Kier molecular flexibility index (Phi) is 7.90. The molecule has 0 atom stereocenters. The second kappa shape index (κ2) is 10.2. The Morgan fingerprint density at radius 3 is 2.52 bits per heavy atom. The van der Waals surface area contributed by atoms with E-state index in [1.165, 1.54) is 12.1 Å². The molecule has 29 heavy (non-hydrogen) atoms. The van der Waals surface area contributed by atoms with Gasteiger partial charge in [0.25, 0.3) is 5.91 Å². The number of unbranched alkanes of at least 4 members (excludes halogenated alkanes) is 1. The Morgan fingerprint density at radius 1 is 1.10 bits per heavy atom. The van der Waals surface area contributed by atoms with Gasteiger partial charge in [-0.1, -0.05) is 43.1 Å². The minimum Gasteiger partial charge on any atom is -0.452 e. The minimum absolute atomic E-state index is 0.227. The Labute approximate surface area is 171 Å². The van der Waals surface area contributed by atoms with Crippen molar-refractivity contribution in [2.24, 2.45) is 0 Å². The molecule has 0 unspecified atom stereocenters. The zero-order valence-corrected chi connectivity index (χ0v) is 16.4. The molecule has 0 spiro atoms. The van der Waals surface area contributed by atoms with Gasteiger partial charge in [-0.25, -0.2) is 4.79 Å². The fraction of sp³-hybridized carbons (Fsp3) is 0.300. The maximum atomic E-state index is 13.1. The number of hydrogen-bond donors (Lipinski definition) is 2. The predicted molar refractivity (Wildman–Crippen MR) is 105 cm³/mol. The van der Waals surface area contributed by atoms with Crippen molar-refractivity contribution >= 4 is 34.9 Å². The molecule has 0 saturated carbocycles. The largest absolute Gasteiger partial charge is 0.452 e. The van der Waals surface area contributed by atoms with Crippen molar-refractivity contribution in [3.63, 3.8) is 0 Å². The van der Waals surface area contributed by atoms with Gasteiger partial charge in [0.05, 0.1) is 21.8 Å². The van der Waals surface area contributed by atoms with Gasteiger partial charge in [0.2, 0.25) is 0 Å². The molecule has 0 aliphatic heterocycles. The molecule has 2 aromatic rings. The fourth-order valence-corrected chi connectivity index (χ4v) is 2.71. The average Bonchev–Trinajstić information content (AvgIpc) is 2.67. The number of benzene rings is 2. The number of hydrogen-bond acceptors (Lipinski definition) is 4. The molecule has 2 N–H and O–H groups in total. The Bertz CT molecular complexity index is 872. The molecule has 2 aromatic carbocycles. The number of nitrogens with one attached hydrogen (secondary N) is 2. The van der Waals surface area contributed by atoms with Gasteiger partial charge in [0, 0.05) is 12.2 Å². The van der Waals surface area contributed by atoms with Gasteiger partial charge in [0.15, 0.2) is 6.61 Å². The van der Waals surface area contributed by atoms with Crippen molar-refractivity contribution in [1.82, 2.24) is 0 Å². The Hall–Kier alpha value is -2.74. The summed E-state index contributed by atoms with van der Waals surface area (Å²) in [6, 6.07) is 9.76. The topological polar surface area (TPSA) is 67.4 Å². The van der Waals surface area contributed by atoms with E-state index < -0.39 is 35.9 Å². The lowest BCUT2D eigenvalue weighted by Crippen LogP contribution is -2.23. The normalized spacial score (nSPS) is 11.1. The van der Waals surface area contributed by atoms with E-state index in [2.05, 4.69) is 10.6 Å². The standard InChI is InChI=1S/C20H20ClF3N2O3/c1-2-3-11-25-16-10-5-4-7-13(16)19(28)29-12-17(27)26-18-14(20(22,23)24)8-6-9-15(18)21/h4-10,25H,2-3,11-12H2,1H3,(H,26,27). The summed E-state index contributed by atoms with van der Waals surface area (Å²) in [6.07, 6.45) is -2.82. The minimum atomic E-state index is -4.70. The van der Waals surface area contributed by atoms with Crippen LogP contribution in [0.15, 0.2) is 42.5 Å². The van der Waals surface area contributed by atoms with Crippen molar-refractivity contribution in [3.05, 3.63) is 58.6 Å². The fourth-order valence-electron chi connectivity index (χ4n) is 2.49. The van der Waals surface area contributed by atoms with E-state index in [0.717, 1.165) is 25.0 Å². The van der Waals surface area contributed by atoms with E-state index in [1.807, 2.05) is 6.92 Å². The SMILES string of the molecule is CCCCNc1ccccc1C(=O)OCC(=O)Nc1c(Cl)cccc1C(F)(F)F. The first-order valence-electron chi connectivity index (χ1n) is 8.89. The highest BCUT2D eigenvalue weighted by Crippen LogP contribution is 2.38. The van der Waals surface area contributed by atoms with Crippen molar-refractivity contribution in [1.29, 1.82) is 0 Å². The molecule has 0 aliphatic rings. The van der Waals surface area contributed by atoms with Gasteiger partial charge in [-0.15, -0.1) is 0 Å². The van der Waals surface area contributed by atoms with Crippen molar-refractivity contribution < 1.29 is 27.5 Å². The van der Waals surface area contributed by atoms with E-state index in [0.29, 0.717) is 12.2 Å². The molecule has 9 heteroatoms. The van der Waals surface area contributed by atoms with Gasteiger partial charge in [-0.2, -0.15) is 13.2 Å². The van der Waals surface area contributed by atoms with Gasteiger partial charge in [0.1, 0.15) is 0 Å². The molecule has 0 aromatic heterocycles.